The van der Waals surface area contributed by atoms with Crippen molar-refractivity contribution in [2.24, 2.45) is 5.41 Å². The predicted molar refractivity (Wildman–Crippen MR) is 109 cm³/mol. The van der Waals surface area contributed by atoms with Crippen molar-refractivity contribution in [3.8, 4) is 0 Å². The first-order valence-electron chi connectivity index (χ1n) is 9.72. The number of carbonyl (C=O) groups excluding carboxylic acids is 2. The number of fused-ring (bicyclic) bond motifs is 5. The molecule has 0 unspecified atom stereocenters. The van der Waals surface area contributed by atoms with E-state index in [9.17, 15) is 9.59 Å². The monoisotopic (exact) mass is 389 g/mol. The third kappa shape index (κ3) is 2.21. The summed E-state index contributed by atoms with van der Waals surface area (Å²) in [5, 5.41) is 6.34. The number of anilines is 1. The van der Waals surface area contributed by atoms with Crippen molar-refractivity contribution in [2.75, 3.05) is 5.32 Å². The van der Waals surface area contributed by atoms with Crippen molar-refractivity contribution in [3.05, 3.63) is 66.4 Å². The molecule has 2 saturated heterocycles. The van der Waals surface area contributed by atoms with Crippen LogP contribution >= 0.6 is 0 Å². The van der Waals surface area contributed by atoms with Gasteiger partial charge in [-0.3, -0.25) is 9.59 Å². The van der Waals surface area contributed by atoms with Gasteiger partial charge in [0.1, 0.15) is 17.9 Å². The molecule has 3 N–H and O–H groups in total. The molecule has 2 aromatic rings. The first-order chi connectivity index (χ1) is 13.9. The normalized spacial score (nSPS) is 29.2. The van der Waals surface area contributed by atoms with Crippen LogP contribution in [0.4, 0.5) is 5.69 Å². The number of para-hydroxylation sites is 1. The van der Waals surface area contributed by atoms with Gasteiger partial charge in [-0.2, -0.15) is 0 Å². The molecule has 29 heavy (non-hydrogen) atoms. The molecule has 0 saturated carbocycles. The number of rotatable bonds is 3. The number of aromatic nitrogens is 2. The van der Waals surface area contributed by atoms with Gasteiger partial charge in [0.05, 0.1) is 18.2 Å². The largest absolute Gasteiger partial charge is 0.364 e. The maximum atomic E-state index is 13.5. The van der Waals surface area contributed by atoms with E-state index in [0.29, 0.717) is 12.1 Å². The van der Waals surface area contributed by atoms with Crippen molar-refractivity contribution in [1.82, 2.24) is 20.2 Å². The van der Waals surface area contributed by atoms with Crippen LogP contribution in [0, 0.1) is 5.41 Å². The van der Waals surface area contributed by atoms with E-state index < -0.39 is 11.5 Å². The van der Waals surface area contributed by atoms with Gasteiger partial charge in [0, 0.05) is 11.1 Å². The number of H-pyrrole nitrogens is 1. The third-order valence-electron chi connectivity index (χ3n) is 6.80. The second-order valence-corrected chi connectivity index (χ2v) is 8.48. The van der Waals surface area contributed by atoms with Crippen LogP contribution in [0.2, 0.25) is 0 Å². The summed E-state index contributed by atoms with van der Waals surface area (Å²) in [6, 6.07) is 7.57. The maximum absolute atomic E-state index is 13.5. The number of nitrogens with one attached hydrogen (secondary N) is 3. The fourth-order valence-corrected chi connectivity index (χ4v) is 5.16. The van der Waals surface area contributed by atoms with E-state index in [1.54, 1.807) is 17.2 Å². The average molecular weight is 389 g/mol. The molecule has 3 aliphatic heterocycles. The summed E-state index contributed by atoms with van der Waals surface area (Å²) in [7, 11) is 0. The zero-order chi connectivity index (χ0) is 20.4. The molecule has 148 valence electrons. The average Bonchev–Trinajstić information content (AvgIpc) is 3.40. The van der Waals surface area contributed by atoms with Crippen LogP contribution in [0.25, 0.3) is 6.08 Å². The summed E-state index contributed by atoms with van der Waals surface area (Å²) in [5.74, 6) is -0.362. The number of imidazole rings is 1. The zero-order valence-electron chi connectivity index (χ0n) is 16.4. The molecule has 3 atom stereocenters. The highest BCUT2D eigenvalue weighted by Crippen LogP contribution is 2.60. The second-order valence-electron chi connectivity index (χ2n) is 8.48. The molecule has 2 amide bonds. The smallest absolute Gasteiger partial charge is 0.272 e. The van der Waals surface area contributed by atoms with Crippen LogP contribution in [-0.4, -0.2) is 38.9 Å². The molecule has 7 heteroatoms. The van der Waals surface area contributed by atoms with Crippen molar-refractivity contribution < 1.29 is 9.59 Å². The number of hydrogen-bond acceptors (Lipinski definition) is 4. The summed E-state index contributed by atoms with van der Waals surface area (Å²) >= 11 is 0. The SMILES string of the molecule is C=CC(C)(C)[C@]12C[C@H]3C(=O)N/C(=C/c4cnc[nH]4)C(=O)N3[C@@H]1Nc1ccccc12. The Morgan fingerprint density at radius 2 is 2.10 bits per heavy atom. The fourth-order valence-electron chi connectivity index (χ4n) is 5.16. The van der Waals surface area contributed by atoms with Crippen LogP contribution in [0.3, 0.4) is 0 Å². The fraction of sp³-hybridized carbons (Fsp3) is 0.318. The Labute approximate surface area is 168 Å². The Morgan fingerprint density at radius 1 is 1.31 bits per heavy atom. The molecule has 0 radical (unpaired) electrons. The Morgan fingerprint density at radius 3 is 2.83 bits per heavy atom. The van der Waals surface area contributed by atoms with E-state index in [-0.39, 0.29) is 29.1 Å². The molecule has 0 spiro atoms. The lowest BCUT2D eigenvalue weighted by molar-refractivity contribution is -0.141. The molecule has 0 aliphatic carbocycles. The van der Waals surface area contributed by atoms with Gasteiger partial charge < -0.3 is 20.5 Å². The Hall–Kier alpha value is -3.35. The minimum absolute atomic E-state index is 0.164. The lowest BCUT2D eigenvalue weighted by Gasteiger charge is -2.43. The van der Waals surface area contributed by atoms with Crippen LogP contribution < -0.4 is 10.6 Å². The first kappa shape index (κ1) is 17.7. The van der Waals surface area contributed by atoms with E-state index in [1.807, 2.05) is 24.3 Å². The number of allylic oxidation sites excluding steroid dienone is 1. The van der Waals surface area contributed by atoms with Gasteiger partial charge >= 0.3 is 0 Å². The number of aromatic amines is 1. The van der Waals surface area contributed by atoms with E-state index >= 15 is 0 Å². The van der Waals surface area contributed by atoms with Gasteiger partial charge in [-0.1, -0.05) is 38.1 Å². The lowest BCUT2D eigenvalue weighted by Crippen LogP contribution is -2.59. The van der Waals surface area contributed by atoms with Gasteiger partial charge in [-0.15, -0.1) is 6.58 Å². The summed E-state index contributed by atoms with van der Waals surface area (Å²) in [6.45, 7) is 8.32. The number of amides is 2. The molecule has 2 fully saturated rings. The van der Waals surface area contributed by atoms with Crippen LogP contribution in [0.5, 0.6) is 0 Å². The molecule has 1 aromatic heterocycles. The van der Waals surface area contributed by atoms with Gasteiger partial charge in [-0.25, -0.2) is 4.98 Å². The van der Waals surface area contributed by atoms with E-state index in [4.69, 9.17) is 0 Å². The van der Waals surface area contributed by atoms with Crippen molar-refractivity contribution >= 4 is 23.6 Å². The number of hydrogen-bond donors (Lipinski definition) is 3. The Kier molecular flexibility index (Phi) is 3.56. The van der Waals surface area contributed by atoms with E-state index in [1.165, 1.54) is 6.33 Å². The van der Waals surface area contributed by atoms with Gasteiger partial charge in [0.2, 0.25) is 5.91 Å². The highest BCUT2D eigenvalue weighted by molar-refractivity contribution is 6.08. The van der Waals surface area contributed by atoms with Crippen molar-refractivity contribution in [3.63, 3.8) is 0 Å². The van der Waals surface area contributed by atoms with Gasteiger partial charge in [0.15, 0.2) is 0 Å². The molecule has 5 rings (SSSR count). The Balaban J connectivity index is 1.65. The minimum atomic E-state index is -0.536. The second kappa shape index (κ2) is 5.83. The van der Waals surface area contributed by atoms with Crippen LogP contribution in [0.15, 0.2) is 55.1 Å². The molecule has 3 aliphatic rings. The van der Waals surface area contributed by atoms with Crippen LogP contribution in [-0.2, 0) is 15.0 Å². The van der Waals surface area contributed by atoms with Gasteiger partial charge in [0.25, 0.3) is 5.91 Å². The maximum Gasteiger partial charge on any atom is 0.272 e. The number of carbonyl (C=O) groups is 2. The number of benzene rings is 1. The molecular formula is C22H23N5O2. The summed E-state index contributed by atoms with van der Waals surface area (Å²) in [6.07, 6.45) is 6.91. The quantitative estimate of drug-likeness (QED) is 0.555. The van der Waals surface area contributed by atoms with Crippen molar-refractivity contribution in [1.29, 1.82) is 0 Å². The molecule has 7 nitrogen and oxygen atoms in total. The van der Waals surface area contributed by atoms with Crippen molar-refractivity contribution in [2.45, 2.75) is 37.9 Å². The molecule has 0 bridgehead atoms. The van der Waals surface area contributed by atoms with E-state index in [0.717, 1.165) is 11.3 Å². The number of nitrogens with zero attached hydrogens (tertiary/aromatic N) is 2. The molecular weight excluding hydrogens is 366 g/mol. The summed E-state index contributed by atoms with van der Waals surface area (Å²) in [4.78, 5) is 35.1. The highest BCUT2D eigenvalue weighted by Gasteiger charge is 2.66. The topological polar surface area (TPSA) is 90.1 Å². The standard InChI is InChI=1S/C22H23N5O2/c1-4-21(2,3)22-10-17-18(28)25-16(9-13-11-23-12-24-13)19(29)27(17)20(22)26-15-8-6-5-7-14(15)22/h4-9,11-12,17,20,26H,1,10H2,2-3H3,(H,23,24)(H,25,28)/b16-9+/t17-,20-,22-/m0/s1. The Bertz CT molecular complexity index is 1050. The van der Waals surface area contributed by atoms with Crippen LogP contribution in [0.1, 0.15) is 31.5 Å². The lowest BCUT2D eigenvalue weighted by atomic mass is 9.60. The van der Waals surface area contributed by atoms with E-state index in [2.05, 4.69) is 47.1 Å². The molecule has 1 aromatic carbocycles. The highest BCUT2D eigenvalue weighted by atomic mass is 16.2. The number of piperazine rings is 1. The zero-order valence-corrected chi connectivity index (χ0v) is 16.4. The third-order valence-corrected chi connectivity index (χ3v) is 6.80. The summed E-state index contributed by atoms with van der Waals surface area (Å²) in [5.41, 5.74) is 2.24. The predicted octanol–water partition coefficient (Wildman–Crippen LogP) is 2.38. The first-order valence-corrected chi connectivity index (χ1v) is 9.72. The van der Waals surface area contributed by atoms with Gasteiger partial charge in [-0.05, 0) is 29.5 Å². The molecule has 4 heterocycles. The summed E-state index contributed by atoms with van der Waals surface area (Å²) < 4.78 is 0. The minimum Gasteiger partial charge on any atom is -0.364 e.